The molecule has 2 aliphatic rings. The van der Waals surface area contributed by atoms with Crippen LogP contribution in [0.25, 0.3) is 33.2 Å². The molecule has 1 saturated heterocycles. The number of carbonyl (C=O) groups is 2. The van der Waals surface area contributed by atoms with Gasteiger partial charge in [-0.05, 0) is 73.6 Å². The van der Waals surface area contributed by atoms with Crippen LogP contribution in [-0.2, 0) is 6.54 Å². The average Bonchev–Trinajstić information content (AvgIpc) is 3.71. The zero-order chi connectivity index (χ0) is 31.2. The van der Waals surface area contributed by atoms with E-state index in [9.17, 15) is 14.0 Å². The van der Waals surface area contributed by atoms with Crippen LogP contribution in [0.5, 0.6) is 0 Å². The van der Waals surface area contributed by atoms with Gasteiger partial charge in [-0.3, -0.25) is 14.3 Å². The van der Waals surface area contributed by atoms with Gasteiger partial charge >= 0.3 is 0 Å². The van der Waals surface area contributed by atoms with Gasteiger partial charge in [0.1, 0.15) is 17.2 Å². The van der Waals surface area contributed by atoms with Crippen molar-refractivity contribution in [1.82, 2.24) is 20.0 Å². The van der Waals surface area contributed by atoms with Crippen molar-refractivity contribution in [2.75, 3.05) is 37.7 Å². The second-order valence-electron chi connectivity index (χ2n) is 12.1. The van der Waals surface area contributed by atoms with E-state index in [4.69, 9.17) is 9.52 Å². The van der Waals surface area contributed by atoms with Crippen LogP contribution in [-0.4, -0.2) is 59.9 Å². The molecule has 3 aromatic carbocycles. The fourth-order valence-corrected chi connectivity index (χ4v) is 6.89. The molecule has 5 aromatic rings. The van der Waals surface area contributed by atoms with E-state index in [2.05, 4.69) is 21.8 Å². The lowest BCUT2D eigenvalue weighted by Crippen LogP contribution is -2.39. The predicted octanol–water partition coefficient (Wildman–Crippen LogP) is 7.09. The predicted molar refractivity (Wildman–Crippen MR) is 177 cm³/mol. The molecule has 0 spiro atoms. The number of anilines is 1. The van der Waals surface area contributed by atoms with Crippen LogP contribution in [0.3, 0.4) is 0 Å². The van der Waals surface area contributed by atoms with Crippen molar-refractivity contribution in [2.24, 2.45) is 5.92 Å². The Morgan fingerprint density at radius 3 is 2.60 bits per heavy atom. The summed E-state index contributed by atoms with van der Waals surface area (Å²) in [6, 6.07) is 18.0. The lowest BCUT2D eigenvalue weighted by Gasteiger charge is -2.34. The number of fused-ring (bicyclic) bond motifs is 2. The number of piperidine rings is 1. The minimum atomic E-state index is -0.360. The Morgan fingerprint density at radius 1 is 1.09 bits per heavy atom. The Bertz CT molecular complexity index is 1910. The van der Waals surface area contributed by atoms with Gasteiger partial charge in [-0.2, -0.15) is 5.10 Å². The van der Waals surface area contributed by atoms with Gasteiger partial charge in [-0.15, -0.1) is 0 Å². The van der Waals surface area contributed by atoms with Crippen molar-refractivity contribution in [2.45, 2.75) is 38.1 Å². The summed E-state index contributed by atoms with van der Waals surface area (Å²) in [5.74, 6) is 0.398. The van der Waals surface area contributed by atoms with Crippen LogP contribution >= 0.6 is 11.9 Å². The summed E-state index contributed by atoms with van der Waals surface area (Å²) in [4.78, 5) is 29.3. The molecule has 10 heteroatoms. The molecule has 8 nitrogen and oxygen atoms in total. The minimum absolute atomic E-state index is 0.0400. The first-order chi connectivity index (χ1) is 21.9. The number of amides is 2. The Morgan fingerprint density at radius 2 is 1.87 bits per heavy atom. The third-order valence-electron chi connectivity index (χ3n) is 9.15. The van der Waals surface area contributed by atoms with Crippen LogP contribution in [0.2, 0.25) is 0 Å². The number of hydrogen-bond acceptors (Lipinski definition) is 6. The van der Waals surface area contributed by atoms with E-state index in [1.165, 1.54) is 25.0 Å². The van der Waals surface area contributed by atoms with E-state index in [-0.39, 0.29) is 23.5 Å². The van der Waals surface area contributed by atoms with Crippen molar-refractivity contribution in [1.29, 1.82) is 0 Å². The number of halogens is 1. The Labute approximate surface area is 265 Å². The van der Waals surface area contributed by atoms with Gasteiger partial charge in [0, 0.05) is 68.3 Å². The average molecular weight is 626 g/mol. The lowest BCUT2D eigenvalue weighted by atomic mass is 9.88. The van der Waals surface area contributed by atoms with Gasteiger partial charge in [0.05, 0.1) is 16.8 Å². The number of rotatable bonds is 8. The molecule has 1 aliphatic carbocycles. The number of benzene rings is 3. The second-order valence-corrected chi connectivity index (χ2v) is 13.0. The van der Waals surface area contributed by atoms with Crippen molar-refractivity contribution in [3.8, 4) is 11.3 Å². The van der Waals surface area contributed by atoms with Crippen LogP contribution in [0.15, 0.2) is 65.1 Å². The largest absolute Gasteiger partial charge is 0.455 e. The summed E-state index contributed by atoms with van der Waals surface area (Å²) in [5, 5.41) is 9.19. The first-order valence-corrected chi connectivity index (χ1v) is 16.7. The summed E-state index contributed by atoms with van der Waals surface area (Å²) in [6.07, 6.45) is 6.19. The van der Waals surface area contributed by atoms with Crippen molar-refractivity contribution >= 4 is 51.3 Å². The minimum Gasteiger partial charge on any atom is -0.455 e. The topological polar surface area (TPSA) is 83.6 Å². The third kappa shape index (κ3) is 5.45. The molecule has 3 heterocycles. The molecule has 7 rings (SSSR count). The highest BCUT2D eigenvalue weighted by Gasteiger charge is 2.32. The monoisotopic (exact) mass is 625 g/mol. The van der Waals surface area contributed by atoms with Gasteiger partial charge < -0.3 is 18.9 Å². The van der Waals surface area contributed by atoms with Gasteiger partial charge in [-0.25, -0.2) is 4.39 Å². The summed E-state index contributed by atoms with van der Waals surface area (Å²) < 4.78 is 24.2. The van der Waals surface area contributed by atoms with E-state index in [1.54, 1.807) is 31.1 Å². The molecule has 0 radical (unpaired) electrons. The summed E-state index contributed by atoms with van der Waals surface area (Å²) in [5.41, 5.74) is 5.15. The first-order valence-electron chi connectivity index (χ1n) is 15.5. The van der Waals surface area contributed by atoms with Crippen LogP contribution in [0, 0.1) is 11.7 Å². The van der Waals surface area contributed by atoms with E-state index < -0.39 is 0 Å². The zero-order valence-electron chi connectivity index (χ0n) is 25.7. The molecule has 1 aliphatic heterocycles. The SMILES string of the molecule is CNC(=O)c1c(-c2ccc(F)cc2)oc2cc(N(C)SC)c([C@H]3CCCN(C(=O)c4nn(CC5CC5)c5ccccc45)C3)cc12. The maximum Gasteiger partial charge on any atom is 0.275 e. The van der Waals surface area contributed by atoms with Gasteiger partial charge in [0.25, 0.3) is 11.8 Å². The Hall–Kier alpha value is -4.31. The number of nitrogens with one attached hydrogen (secondary N) is 1. The maximum absolute atomic E-state index is 14.1. The van der Waals surface area contributed by atoms with Crippen LogP contribution < -0.4 is 9.62 Å². The quantitative estimate of drug-likeness (QED) is 0.185. The van der Waals surface area contributed by atoms with Gasteiger partial charge in [0.15, 0.2) is 5.69 Å². The summed E-state index contributed by atoms with van der Waals surface area (Å²) in [6.45, 7) is 2.06. The first kappa shape index (κ1) is 29.4. The molecule has 1 saturated carbocycles. The standard InChI is InChI=1S/C35H36FN5O3S/c1-37-34(42)31-27-17-26(29(39(2)45-3)18-30(27)44-33(31)22-12-14-24(36)15-13-22)23-7-6-16-40(20-23)35(43)32-25-8-4-5-9-28(25)41(38-32)19-21-10-11-21/h4-5,8-9,12-15,17-18,21,23H,6-7,10-11,16,19-20H2,1-3H3,(H,37,42)/t23-/m0/s1. The fraction of sp³-hybridized carbons (Fsp3) is 0.343. The third-order valence-corrected chi connectivity index (χ3v) is 9.89. The highest BCUT2D eigenvalue weighted by Crippen LogP contribution is 2.42. The number of carbonyl (C=O) groups excluding carboxylic acids is 2. The van der Waals surface area contributed by atoms with Gasteiger partial charge in [-0.1, -0.05) is 30.1 Å². The van der Waals surface area contributed by atoms with E-state index in [1.807, 2.05) is 47.2 Å². The van der Waals surface area contributed by atoms with Crippen LogP contribution in [0.1, 0.15) is 58.0 Å². The smallest absolute Gasteiger partial charge is 0.275 e. The molecule has 45 heavy (non-hydrogen) atoms. The number of hydrogen-bond donors (Lipinski definition) is 1. The molecular formula is C35H36FN5O3S. The molecule has 1 N–H and O–H groups in total. The summed E-state index contributed by atoms with van der Waals surface area (Å²) in [7, 11) is 3.59. The number of likely N-dealkylation sites (tertiary alicyclic amines) is 1. The van der Waals surface area contributed by atoms with E-state index in [0.717, 1.165) is 41.5 Å². The Kier molecular flexibility index (Phi) is 7.77. The van der Waals surface area contributed by atoms with E-state index in [0.29, 0.717) is 52.6 Å². The number of aromatic nitrogens is 2. The van der Waals surface area contributed by atoms with E-state index >= 15 is 0 Å². The zero-order valence-corrected chi connectivity index (χ0v) is 26.5. The number of nitrogens with zero attached hydrogens (tertiary/aromatic N) is 4. The fourth-order valence-electron chi connectivity index (χ4n) is 6.54. The molecule has 232 valence electrons. The molecule has 2 fully saturated rings. The summed E-state index contributed by atoms with van der Waals surface area (Å²) >= 11 is 1.58. The molecule has 1 atom stereocenters. The number of para-hydroxylation sites is 1. The molecule has 0 bridgehead atoms. The highest BCUT2D eigenvalue weighted by atomic mass is 32.2. The normalized spacial score (nSPS) is 16.8. The van der Waals surface area contributed by atoms with Crippen LogP contribution in [0.4, 0.5) is 10.1 Å². The number of furan rings is 1. The maximum atomic E-state index is 14.1. The lowest BCUT2D eigenvalue weighted by molar-refractivity contribution is 0.0702. The van der Waals surface area contributed by atoms with Crippen molar-refractivity contribution < 1.29 is 18.4 Å². The molecule has 0 unspecified atom stereocenters. The van der Waals surface area contributed by atoms with Gasteiger partial charge in [0.2, 0.25) is 0 Å². The van der Waals surface area contributed by atoms with Crippen molar-refractivity contribution in [3.05, 3.63) is 83.3 Å². The molecule has 2 aromatic heterocycles. The molecule has 2 amide bonds. The van der Waals surface area contributed by atoms with Crippen molar-refractivity contribution in [3.63, 3.8) is 0 Å². The Balaban J connectivity index is 1.28. The molecular weight excluding hydrogens is 589 g/mol. The highest BCUT2D eigenvalue weighted by molar-refractivity contribution is 7.99. The second kappa shape index (κ2) is 11.9.